The number of amides is 1. The third-order valence-electron chi connectivity index (χ3n) is 4.01. The Balaban J connectivity index is 2.15. The zero-order chi connectivity index (χ0) is 15.0. The molecule has 2 aliphatic rings. The van der Waals surface area contributed by atoms with Crippen LogP contribution in [0.25, 0.3) is 0 Å². The molecule has 1 heterocycles. The van der Waals surface area contributed by atoms with Crippen molar-refractivity contribution < 1.29 is 19.7 Å². The molecule has 0 aromatic rings. The summed E-state index contributed by atoms with van der Waals surface area (Å²) < 4.78 is 5.40. The molecular weight excluding hydrogens is 258 g/mol. The number of carbonyl (C=O) groups is 1. The number of likely N-dealkylation sites (tertiary alicyclic amines) is 1. The van der Waals surface area contributed by atoms with Gasteiger partial charge in [0.15, 0.2) is 0 Å². The number of aliphatic hydroxyl groups is 2. The van der Waals surface area contributed by atoms with Crippen LogP contribution < -0.4 is 0 Å². The molecule has 1 unspecified atom stereocenters. The second-order valence-electron chi connectivity index (χ2n) is 6.75. The Morgan fingerprint density at radius 3 is 2.70 bits per heavy atom. The van der Waals surface area contributed by atoms with E-state index in [1.807, 2.05) is 32.9 Å². The van der Waals surface area contributed by atoms with E-state index in [1.54, 1.807) is 4.90 Å². The Hall–Kier alpha value is -1.07. The first-order chi connectivity index (χ1) is 9.24. The van der Waals surface area contributed by atoms with Crippen LogP contribution in [0.5, 0.6) is 0 Å². The van der Waals surface area contributed by atoms with E-state index >= 15 is 0 Å². The van der Waals surface area contributed by atoms with E-state index in [9.17, 15) is 15.0 Å². The molecule has 0 aromatic carbocycles. The first-order valence-corrected chi connectivity index (χ1v) is 7.29. The Bertz CT molecular complexity index is 401. The predicted octanol–water partition coefficient (Wildman–Crippen LogP) is 1.83. The van der Waals surface area contributed by atoms with Gasteiger partial charge < -0.3 is 19.8 Å². The van der Waals surface area contributed by atoms with Crippen molar-refractivity contribution in [2.24, 2.45) is 0 Å². The average molecular weight is 283 g/mol. The van der Waals surface area contributed by atoms with Gasteiger partial charge in [0.05, 0.1) is 12.1 Å². The van der Waals surface area contributed by atoms with Gasteiger partial charge in [0, 0.05) is 6.54 Å². The van der Waals surface area contributed by atoms with Gasteiger partial charge in [-0.25, -0.2) is 4.79 Å². The summed E-state index contributed by atoms with van der Waals surface area (Å²) >= 11 is 0. The Kier molecular flexibility index (Phi) is 4.12. The fourth-order valence-electron chi connectivity index (χ4n) is 3.02. The summed E-state index contributed by atoms with van der Waals surface area (Å²) in [4.78, 5) is 13.8. The van der Waals surface area contributed by atoms with Crippen LogP contribution in [0.1, 0.15) is 46.5 Å². The van der Waals surface area contributed by atoms with Gasteiger partial charge in [-0.2, -0.15) is 0 Å². The van der Waals surface area contributed by atoms with E-state index in [0.29, 0.717) is 25.8 Å². The van der Waals surface area contributed by atoms with Crippen LogP contribution in [-0.4, -0.2) is 51.1 Å². The molecular formula is C15H25NO4. The summed E-state index contributed by atoms with van der Waals surface area (Å²) in [5, 5.41) is 20.9. The summed E-state index contributed by atoms with van der Waals surface area (Å²) in [6.07, 6.45) is 4.82. The molecule has 0 radical (unpaired) electrons. The number of nitrogens with zero attached hydrogens (tertiary/aromatic N) is 1. The highest BCUT2D eigenvalue weighted by molar-refractivity contribution is 5.69. The van der Waals surface area contributed by atoms with Gasteiger partial charge in [-0.15, -0.1) is 0 Å². The average Bonchev–Trinajstić information content (AvgIpc) is 2.80. The molecule has 1 amide bonds. The summed E-state index contributed by atoms with van der Waals surface area (Å²) in [6.45, 7) is 6.03. The van der Waals surface area contributed by atoms with E-state index < -0.39 is 23.4 Å². The minimum Gasteiger partial charge on any atom is -0.444 e. The van der Waals surface area contributed by atoms with Crippen LogP contribution in [0, 0.1) is 0 Å². The van der Waals surface area contributed by atoms with Crippen molar-refractivity contribution in [1.82, 2.24) is 4.90 Å². The zero-order valence-corrected chi connectivity index (χ0v) is 12.5. The Morgan fingerprint density at radius 2 is 2.10 bits per heavy atom. The third-order valence-corrected chi connectivity index (χ3v) is 4.01. The molecule has 1 fully saturated rings. The number of hydrogen-bond donors (Lipinski definition) is 2. The highest BCUT2D eigenvalue weighted by Crippen LogP contribution is 2.36. The van der Waals surface area contributed by atoms with Gasteiger partial charge in [0.1, 0.15) is 11.2 Å². The van der Waals surface area contributed by atoms with Gasteiger partial charge in [-0.1, -0.05) is 12.2 Å². The van der Waals surface area contributed by atoms with Gasteiger partial charge in [-0.3, -0.25) is 0 Å². The zero-order valence-electron chi connectivity index (χ0n) is 12.5. The van der Waals surface area contributed by atoms with Crippen LogP contribution >= 0.6 is 0 Å². The summed E-state index contributed by atoms with van der Waals surface area (Å²) in [7, 11) is 0. The van der Waals surface area contributed by atoms with E-state index in [2.05, 4.69) is 0 Å². The molecule has 1 aliphatic heterocycles. The fourth-order valence-corrected chi connectivity index (χ4v) is 3.02. The molecule has 5 heteroatoms. The molecule has 3 atom stereocenters. The lowest BCUT2D eigenvalue weighted by molar-refractivity contribution is -0.118. The Labute approximate surface area is 120 Å². The maximum Gasteiger partial charge on any atom is 0.410 e. The number of hydrogen-bond acceptors (Lipinski definition) is 4. The first-order valence-electron chi connectivity index (χ1n) is 7.29. The maximum absolute atomic E-state index is 12.3. The number of carbonyl (C=O) groups excluding carboxylic acids is 1. The standard InChI is InChI=1S/C15H25NO4/c1-14(2,3)20-13(18)16-10-6-7-11(16)15(19)9-5-4-8-12(15)17/h4-5,11-12,17,19H,6-10H2,1-3H3/t11-,12?,15-/m0/s1. The summed E-state index contributed by atoms with van der Waals surface area (Å²) in [6, 6.07) is -0.378. The lowest BCUT2D eigenvalue weighted by Crippen LogP contribution is -2.59. The molecule has 1 aliphatic carbocycles. The van der Waals surface area contributed by atoms with Crippen molar-refractivity contribution in [3.05, 3.63) is 12.2 Å². The summed E-state index contributed by atoms with van der Waals surface area (Å²) in [5.41, 5.74) is -1.82. The number of rotatable bonds is 1. The van der Waals surface area contributed by atoms with Crippen molar-refractivity contribution in [3.8, 4) is 0 Å². The second kappa shape index (κ2) is 5.37. The molecule has 20 heavy (non-hydrogen) atoms. The van der Waals surface area contributed by atoms with Crippen LogP contribution in [0.4, 0.5) is 4.79 Å². The molecule has 1 saturated heterocycles. The molecule has 2 N–H and O–H groups in total. The quantitative estimate of drug-likeness (QED) is 0.720. The number of aliphatic hydroxyl groups excluding tert-OH is 1. The molecule has 0 spiro atoms. The second-order valence-corrected chi connectivity index (χ2v) is 6.75. The summed E-state index contributed by atoms with van der Waals surface area (Å²) in [5.74, 6) is 0. The molecule has 114 valence electrons. The van der Waals surface area contributed by atoms with Crippen LogP contribution in [0.15, 0.2) is 12.2 Å². The van der Waals surface area contributed by atoms with E-state index in [4.69, 9.17) is 4.74 Å². The highest BCUT2D eigenvalue weighted by atomic mass is 16.6. The smallest absolute Gasteiger partial charge is 0.410 e. The largest absolute Gasteiger partial charge is 0.444 e. The van der Waals surface area contributed by atoms with Crippen molar-refractivity contribution in [2.45, 2.75) is 69.8 Å². The topological polar surface area (TPSA) is 70.0 Å². The monoisotopic (exact) mass is 283 g/mol. The van der Waals surface area contributed by atoms with Crippen LogP contribution in [-0.2, 0) is 4.74 Å². The van der Waals surface area contributed by atoms with Crippen molar-refractivity contribution in [3.63, 3.8) is 0 Å². The molecule has 5 nitrogen and oxygen atoms in total. The van der Waals surface area contributed by atoms with E-state index in [1.165, 1.54) is 0 Å². The van der Waals surface area contributed by atoms with Gasteiger partial charge >= 0.3 is 6.09 Å². The maximum atomic E-state index is 12.3. The van der Waals surface area contributed by atoms with E-state index in [0.717, 1.165) is 6.42 Å². The molecule has 0 bridgehead atoms. The van der Waals surface area contributed by atoms with Crippen molar-refractivity contribution >= 4 is 6.09 Å². The highest BCUT2D eigenvalue weighted by Gasteiger charge is 2.49. The predicted molar refractivity (Wildman–Crippen MR) is 75.3 cm³/mol. The first kappa shape index (κ1) is 15.3. The molecule has 0 saturated carbocycles. The third kappa shape index (κ3) is 2.99. The molecule has 2 rings (SSSR count). The van der Waals surface area contributed by atoms with Crippen molar-refractivity contribution in [2.75, 3.05) is 6.54 Å². The lowest BCUT2D eigenvalue weighted by Gasteiger charge is -2.43. The van der Waals surface area contributed by atoms with Crippen LogP contribution in [0.3, 0.4) is 0 Å². The van der Waals surface area contributed by atoms with Crippen molar-refractivity contribution in [1.29, 1.82) is 0 Å². The number of ether oxygens (including phenoxy) is 1. The van der Waals surface area contributed by atoms with Crippen LogP contribution in [0.2, 0.25) is 0 Å². The fraction of sp³-hybridized carbons (Fsp3) is 0.800. The SMILES string of the molecule is CC(C)(C)OC(=O)N1CCC[C@H]1[C@@]1(O)CC=CCC1O. The van der Waals surface area contributed by atoms with Gasteiger partial charge in [0.25, 0.3) is 0 Å². The minimum atomic E-state index is -1.26. The Morgan fingerprint density at radius 1 is 1.40 bits per heavy atom. The minimum absolute atomic E-state index is 0.373. The van der Waals surface area contributed by atoms with Gasteiger partial charge in [0.2, 0.25) is 0 Å². The normalized spacial score (nSPS) is 34.4. The van der Waals surface area contributed by atoms with E-state index in [-0.39, 0.29) is 6.04 Å². The molecule has 0 aromatic heterocycles. The van der Waals surface area contributed by atoms with Gasteiger partial charge in [-0.05, 0) is 46.5 Å². The lowest BCUT2D eigenvalue weighted by atomic mass is 9.79.